The van der Waals surface area contributed by atoms with Gasteiger partial charge in [-0.05, 0) is 29.5 Å². The van der Waals surface area contributed by atoms with E-state index in [1.807, 2.05) is 0 Å². The average molecular weight is 232 g/mol. The molecule has 2 nitrogen and oxygen atoms in total. The number of rotatable bonds is 6. The molecule has 1 aromatic rings. The molecule has 17 heavy (non-hydrogen) atoms. The summed E-state index contributed by atoms with van der Waals surface area (Å²) in [4.78, 5) is 0. The van der Waals surface area contributed by atoms with Crippen molar-refractivity contribution in [3.8, 4) is 0 Å². The standard InChI is InChI=1S/C15H20O2/c1-16-9-7-12-11-13(8-10-17-2)15-6-4-3-5-14(12)15/h3-6,11-12H,7-10H2,1-2H3. The minimum absolute atomic E-state index is 0.512. The van der Waals surface area contributed by atoms with Gasteiger partial charge in [-0.25, -0.2) is 0 Å². The van der Waals surface area contributed by atoms with Crippen molar-refractivity contribution in [3.05, 3.63) is 41.5 Å². The first-order chi connectivity index (χ1) is 8.36. The van der Waals surface area contributed by atoms with Crippen LogP contribution in [0.5, 0.6) is 0 Å². The van der Waals surface area contributed by atoms with E-state index in [0.717, 1.165) is 26.1 Å². The second-order valence-corrected chi connectivity index (χ2v) is 4.41. The Morgan fingerprint density at radius 3 is 2.59 bits per heavy atom. The van der Waals surface area contributed by atoms with Crippen molar-refractivity contribution in [3.63, 3.8) is 0 Å². The van der Waals surface area contributed by atoms with Gasteiger partial charge in [0.1, 0.15) is 0 Å². The van der Waals surface area contributed by atoms with Gasteiger partial charge in [-0.15, -0.1) is 0 Å². The van der Waals surface area contributed by atoms with Crippen molar-refractivity contribution in [1.82, 2.24) is 0 Å². The Kier molecular flexibility index (Phi) is 4.35. The molecule has 0 saturated heterocycles. The first-order valence-electron chi connectivity index (χ1n) is 6.14. The van der Waals surface area contributed by atoms with Crippen LogP contribution in [0.2, 0.25) is 0 Å². The largest absolute Gasteiger partial charge is 0.385 e. The zero-order valence-corrected chi connectivity index (χ0v) is 10.6. The fourth-order valence-electron chi connectivity index (χ4n) is 2.45. The van der Waals surface area contributed by atoms with E-state index in [9.17, 15) is 0 Å². The maximum atomic E-state index is 5.18. The van der Waals surface area contributed by atoms with Crippen LogP contribution in [0.4, 0.5) is 0 Å². The van der Waals surface area contributed by atoms with Crippen LogP contribution in [-0.2, 0) is 9.47 Å². The number of allylic oxidation sites excluding steroid dienone is 1. The molecular weight excluding hydrogens is 212 g/mol. The molecule has 0 heterocycles. The molecule has 0 aliphatic heterocycles. The van der Waals surface area contributed by atoms with Crippen molar-refractivity contribution < 1.29 is 9.47 Å². The molecule has 1 unspecified atom stereocenters. The molecule has 2 rings (SSSR count). The van der Waals surface area contributed by atoms with Crippen LogP contribution in [0.25, 0.3) is 5.57 Å². The van der Waals surface area contributed by atoms with Gasteiger partial charge in [0.25, 0.3) is 0 Å². The molecule has 1 aliphatic carbocycles. The number of ether oxygens (including phenoxy) is 2. The lowest BCUT2D eigenvalue weighted by molar-refractivity contribution is 0.192. The number of benzene rings is 1. The van der Waals surface area contributed by atoms with Crippen LogP contribution in [0, 0.1) is 0 Å². The van der Waals surface area contributed by atoms with Gasteiger partial charge < -0.3 is 9.47 Å². The van der Waals surface area contributed by atoms with Gasteiger partial charge in [0, 0.05) is 26.7 Å². The fraction of sp³-hybridized carbons (Fsp3) is 0.467. The third-order valence-electron chi connectivity index (χ3n) is 3.32. The summed E-state index contributed by atoms with van der Waals surface area (Å²) in [5, 5.41) is 0. The Balaban J connectivity index is 2.16. The number of hydrogen-bond donors (Lipinski definition) is 0. The highest BCUT2D eigenvalue weighted by Crippen LogP contribution is 2.39. The maximum Gasteiger partial charge on any atom is 0.0502 e. The summed E-state index contributed by atoms with van der Waals surface area (Å²) < 4.78 is 10.4. The van der Waals surface area contributed by atoms with Crippen molar-refractivity contribution in [2.45, 2.75) is 18.8 Å². The highest BCUT2D eigenvalue weighted by atomic mass is 16.5. The molecular formula is C15H20O2. The zero-order chi connectivity index (χ0) is 12.1. The topological polar surface area (TPSA) is 18.5 Å². The van der Waals surface area contributed by atoms with Gasteiger partial charge in [-0.2, -0.15) is 0 Å². The molecule has 0 spiro atoms. The van der Waals surface area contributed by atoms with Crippen LogP contribution < -0.4 is 0 Å². The predicted molar refractivity (Wildman–Crippen MR) is 70.1 cm³/mol. The summed E-state index contributed by atoms with van der Waals surface area (Å²) in [6.45, 7) is 1.60. The van der Waals surface area contributed by atoms with E-state index in [-0.39, 0.29) is 0 Å². The van der Waals surface area contributed by atoms with Gasteiger partial charge in [0.2, 0.25) is 0 Å². The molecule has 0 amide bonds. The van der Waals surface area contributed by atoms with E-state index >= 15 is 0 Å². The summed E-state index contributed by atoms with van der Waals surface area (Å²) in [5.41, 5.74) is 4.25. The van der Waals surface area contributed by atoms with Crippen molar-refractivity contribution >= 4 is 5.57 Å². The highest BCUT2D eigenvalue weighted by molar-refractivity contribution is 5.74. The van der Waals surface area contributed by atoms with E-state index in [0.29, 0.717) is 5.92 Å². The Labute approximate surface area is 103 Å². The number of methoxy groups -OCH3 is 2. The van der Waals surface area contributed by atoms with Gasteiger partial charge in [-0.3, -0.25) is 0 Å². The Hall–Kier alpha value is -1.12. The quantitative estimate of drug-likeness (QED) is 0.749. The minimum Gasteiger partial charge on any atom is -0.385 e. The normalized spacial score (nSPS) is 18.0. The van der Waals surface area contributed by atoms with Gasteiger partial charge in [0.05, 0.1) is 6.61 Å². The molecule has 92 valence electrons. The highest BCUT2D eigenvalue weighted by Gasteiger charge is 2.21. The third kappa shape index (κ3) is 2.76. The molecule has 0 radical (unpaired) electrons. The molecule has 0 fully saturated rings. The molecule has 1 aliphatic rings. The number of hydrogen-bond acceptors (Lipinski definition) is 2. The van der Waals surface area contributed by atoms with Crippen molar-refractivity contribution in [2.24, 2.45) is 0 Å². The summed E-state index contributed by atoms with van der Waals surface area (Å²) >= 11 is 0. The smallest absolute Gasteiger partial charge is 0.0502 e. The zero-order valence-electron chi connectivity index (χ0n) is 10.6. The van der Waals surface area contributed by atoms with E-state index in [1.54, 1.807) is 14.2 Å². The molecule has 2 heteroatoms. The SMILES string of the molecule is COCCC1=CC(CCOC)c2ccccc21. The maximum absolute atomic E-state index is 5.18. The summed E-state index contributed by atoms with van der Waals surface area (Å²) in [6, 6.07) is 8.67. The van der Waals surface area contributed by atoms with Crippen LogP contribution in [0.3, 0.4) is 0 Å². The summed E-state index contributed by atoms with van der Waals surface area (Å²) in [7, 11) is 3.51. The van der Waals surface area contributed by atoms with Crippen LogP contribution in [0.15, 0.2) is 30.3 Å². The van der Waals surface area contributed by atoms with Crippen LogP contribution >= 0.6 is 0 Å². The molecule has 1 atom stereocenters. The van der Waals surface area contributed by atoms with Gasteiger partial charge in [-0.1, -0.05) is 30.3 Å². The van der Waals surface area contributed by atoms with Gasteiger partial charge >= 0.3 is 0 Å². The lowest BCUT2D eigenvalue weighted by atomic mass is 9.97. The average Bonchev–Trinajstić information content (AvgIpc) is 2.72. The van der Waals surface area contributed by atoms with Gasteiger partial charge in [0.15, 0.2) is 0 Å². The predicted octanol–water partition coefficient (Wildman–Crippen LogP) is 3.24. The van der Waals surface area contributed by atoms with E-state index in [2.05, 4.69) is 30.3 Å². The lowest BCUT2D eigenvalue weighted by Crippen LogP contribution is -1.98. The van der Waals surface area contributed by atoms with Crippen molar-refractivity contribution in [2.75, 3.05) is 27.4 Å². The van der Waals surface area contributed by atoms with E-state index in [4.69, 9.17) is 9.47 Å². The summed E-state index contributed by atoms with van der Waals surface area (Å²) in [6.07, 6.45) is 4.43. The second-order valence-electron chi connectivity index (χ2n) is 4.41. The molecule has 1 aromatic carbocycles. The third-order valence-corrected chi connectivity index (χ3v) is 3.32. The molecule has 0 N–H and O–H groups in total. The molecule has 0 aromatic heterocycles. The monoisotopic (exact) mass is 232 g/mol. The summed E-state index contributed by atoms with van der Waals surface area (Å²) in [5.74, 6) is 0.512. The fourth-order valence-corrected chi connectivity index (χ4v) is 2.45. The van der Waals surface area contributed by atoms with Crippen LogP contribution in [-0.4, -0.2) is 27.4 Å². The Morgan fingerprint density at radius 2 is 1.82 bits per heavy atom. The number of fused-ring (bicyclic) bond motifs is 1. The Morgan fingerprint density at radius 1 is 1.06 bits per heavy atom. The first kappa shape index (κ1) is 12.3. The first-order valence-corrected chi connectivity index (χ1v) is 6.14. The second kappa shape index (κ2) is 5.99. The van der Waals surface area contributed by atoms with Crippen LogP contribution in [0.1, 0.15) is 29.9 Å². The molecule has 0 saturated carbocycles. The van der Waals surface area contributed by atoms with E-state index in [1.165, 1.54) is 16.7 Å². The van der Waals surface area contributed by atoms with Crippen molar-refractivity contribution in [1.29, 1.82) is 0 Å². The minimum atomic E-state index is 0.512. The van der Waals surface area contributed by atoms with E-state index < -0.39 is 0 Å². The lowest BCUT2D eigenvalue weighted by Gasteiger charge is -2.09. The Bertz CT molecular complexity index is 396. The molecule has 0 bridgehead atoms.